The molecule has 3 aliphatic rings. The van der Waals surface area contributed by atoms with E-state index in [1.165, 1.54) is 0 Å². The van der Waals surface area contributed by atoms with Crippen LogP contribution in [0, 0.1) is 17.8 Å². The van der Waals surface area contributed by atoms with Gasteiger partial charge in [-0.15, -0.1) is 0 Å². The Morgan fingerprint density at radius 2 is 1.83 bits per heavy atom. The highest BCUT2D eigenvalue weighted by atomic mass is 16.6. The first-order chi connectivity index (χ1) is 8.26. The lowest BCUT2D eigenvalue weighted by Crippen LogP contribution is -2.58. The van der Waals surface area contributed by atoms with E-state index >= 15 is 0 Å². The molecule has 6 atom stereocenters. The molecule has 0 bridgehead atoms. The van der Waals surface area contributed by atoms with E-state index in [0.29, 0.717) is 18.3 Å². The number of hydrogen-bond acceptors (Lipinski definition) is 3. The highest BCUT2D eigenvalue weighted by Crippen LogP contribution is 2.64. The van der Waals surface area contributed by atoms with Gasteiger partial charge in [0.2, 0.25) is 0 Å². The topological polar surface area (TPSA) is 53.0 Å². The number of hydrogen-bond donors (Lipinski definition) is 2. The highest BCUT2D eigenvalue weighted by molar-refractivity contribution is 5.25. The van der Waals surface area contributed by atoms with Crippen LogP contribution in [0.2, 0.25) is 0 Å². The molecule has 1 heterocycles. The molecule has 2 aliphatic carbocycles. The van der Waals surface area contributed by atoms with E-state index in [4.69, 9.17) is 4.74 Å². The minimum Gasteiger partial charge on any atom is -0.387 e. The van der Waals surface area contributed by atoms with Crippen LogP contribution in [-0.4, -0.2) is 33.1 Å². The lowest BCUT2D eigenvalue weighted by Gasteiger charge is -2.40. The number of rotatable bonds is 1. The number of epoxide rings is 1. The minimum absolute atomic E-state index is 0.169. The maximum absolute atomic E-state index is 11.2. The molecule has 0 radical (unpaired) electrons. The quantitative estimate of drug-likeness (QED) is 0.705. The third-order valence-electron chi connectivity index (χ3n) is 6.15. The van der Waals surface area contributed by atoms with Gasteiger partial charge < -0.3 is 14.9 Å². The van der Waals surface area contributed by atoms with Gasteiger partial charge in [0, 0.05) is 0 Å². The summed E-state index contributed by atoms with van der Waals surface area (Å²) in [6.07, 6.45) is 3.55. The number of fused-ring (bicyclic) bond motifs is 3. The Bertz CT molecular complexity index is 365. The van der Waals surface area contributed by atoms with Crippen molar-refractivity contribution in [3.05, 3.63) is 0 Å². The van der Waals surface area contributed by atoms with Gasteiger partial charge in [0.1, 0.15) is 17.3 Å². The van der Waals surface area contributed by atoms with E-state index in [2.05, 4.69) is 20.8 Å². The van der Waals surface area contributed by atoms with Gasteiger partial charge in [-0.2, -0.15) is 0 Å². The molecule has 3 heteroatoms. The largest absolute Gasteiger partial charge is 0.387 e. The van der Waals surface area contributed by atoms with Crippen LogP contribution in [0.25, 0.3) is 0 Å². The molecular weight excluding hydrogens is 228 g/mol. The van der Waals surface area contributed by atoms with E-state index in [1.807, 2.05) is 0 Å². The Labute approximate surface area is 110 Å². The monoisotopic (exact) mass is 254 g/mol. The van der Waals surface area contributed by atoms with Crippen molar-refractivity contribution in [2.24, 2.45) is 17.8 Å². The summed E-state index contributed by atoms with van der Waals surface area (Å²) in [5.74, 6) is 1.05. The molecule has 0 unspecified atom stereocenters. The van der Waals surface area contributed by atoms with Crippen molar-refractivity contribution in [3.63, 3.8) is 0 Å². The van der Waals surface area contributed by atoms with E-state index in [9.17, 15) is 10.2 Å². The zero-order chi connectivity index (χ0) is 13.3. The van der Waals surface area contributed by atoms with Crippen LogP contribution >= 0.6 is 0 Å². The van der Waals surface area contributed by atoms with Crippen LogP contribution in [0.4, 0.5) is 0 Å². The Hall–Kier alpha value is -0.120. The van der Waals surface area contributed by atoms with Crippen molar-refractivity contribution < 1.29 is 14.9 Å². The summed E-state index contributed by atoms with van der Waals surface area (Å²) in [6.45, 7) is 8.34. The van der Waals surface area contributed by atoms with Crippen molar-refractivity contribution in [2.45, 2.75) is 76.3 Å². The molecular formula is C15H26O3. The van der Waals surface area contributed by atoms with Gasteiger partial charge >= 0.3 is 0 Å². The summed E-state index contributed by atoms with van der Waals surface area (Å²) in [7, 11) is 0. The summed E-state index contributed by atoms with van der Waals surface area (Å²) in [5.41, 5.74) is -2.24. The average Bonchev–Trinajstić information content (AvgIpc) is 2.96. The standard InChI is InChI=1S/C15H26O3/c1-9(2)14-8-5-10(3)11-6-7-13(4,16)15(11,17)12(14)18-14/h9-12,16-17H,5-8H2,1-4H3/t10-,11-,12+,13-,14-,15+/m0/s1. The third-order valence-corrected chi connectivity index (χ3v) is 6.15. The Morgan fingerprint density at radius 3 is 2.44 bits per heavy atom. The first kappa shape index (κ1) is 12.9. The Morgan fingerprint density at radius 1 is 1.17 bits per heavy atom. The first-order valence-electron chi connectivity index (χ1n) is 7.38. The summed E-state index contributed by atoms with van der Waals surface area (Å²) < 4.78 is 6.00. The molecule has 1 saturated heterocycles. The molecule has 0 aromatic rings. The maximum Gasteiger partial charge on any atom is 0.125 e. The van der Waals surface area contributed by atoms with Crippen molar-refractivity contribution in [1.29, 1.82) is 0 Å². The fourth-order valence-corrected chi connectivity index (χ4v) is 4.67. The smallest absolute Gasteiger partial charge is 0.125 e. The molecule has 3 nitrogen and oxygen atoms in total. The zero-order valence-electron chi connectivity index (χ0n) is 11.9. The van der Waals surface area contributed by atoms with Crippen LogP contribution in [0.3, 0.4) is 0 Å². The molecule has 18 heavy (non-hydrogen) atoms. The van der Waals surface area contributed by atoms with E-state index in [1.54, 1.807) is 6.92 Å². The van der Waals surface area contributed by atoms with Crippen molar-refractivity contribution in [3.8, 4) is 0 Å². The molecule has 104 valence electrons. The van der Waals surface area contributed by atoms with Gasteiger partial charge in [0.25, 0.3) is 0 Å². The molecule has 2 N–H and O–H groups in total. The minimum atomic E-state index is -1.05. The lowest BCUT2D eigenvalue weighted by molar-refractivity contribution is -0.160. The summed E-state index contributed by atoms with van der Waals surface area (Å²) in [5, 5.41) is 21.9. The van der Waals surface area contributed by atoms with E-state index in [-0.39, 0.29) is 17.6 Å². The fraction of sp³-hybridized carbons (Fsp3) is 1.00. The normalized spacial score (nSPS) is 59.2. The second kappa shape index (κ2) is 3.50. The van der Waals surface area contributed by atoms with Crippen molar-refractivity contribution in [2.75, 3.05) is 0 Å². The molecule has 0 amide bonds. The van der Waals surface area contributed by atoms with Crippen LogP contribution in [-0.2, 0) is 4.74 Å². The summed E-state index contributed by atoms with van der Waals surface area (Å²) in [6, 6.07) is 0. The zero-order valence-corrected chi connectivity index (χ0v) is 11.9. The molecule has 2 saturated carbocycles. The maximum atomic E-state index is 11.2. The predicted octanol–water partition coefficient (Wildman–Crippen LogP) is 2.10. The summed E-state index contributed by atoms with van der Waals surface area (Å²) >= 11 is 0. The molecule has 0 aromatic carbocycles. The predicted molar refractivity (Wildman–Crippen MR) is 69.1 cm³/mol. The van der Waals surface area contributed by atoms with E-state index < -0.39 is 11.2 Å². The third kappa shape index (κ3) is 1.31. The average molecular weight is 254 g/mol. The first-order valence-corrected chi connectivity index (χ1v) is 7.38. The molecule has 3 rings (SSSR count). The van der Waals surface area contributed by atoms with Gasteiger partial charge in [0.05, 0.1) is 5.60 Å². The molecule has 1 aliphatic heterocycles. The van der Waals surface area contributed by atoms with Crippen LogP contribution in [0.5, 0.6) is 0 Å². The Kier molecular flexibility index (Phi) is 2.51. The van der Waals surface area contributed by atoms with Gasteiger partial charge in [-0.1, -0.05) is 20.8 Å². The second-order valence-electron chi connectivity index (χ2n) is 7.37. The van der Waals surface area contributed by atoms with Crippen LogP contribution in [0.1, 0.15) is 53.4 Å². The highest BCUT2D eigenvalue weighted by Gasteiger charge is 2.76. The number of ether oxygens (including phenoxy) is 1. The molecule has 3 fully saturated rings. The molecule has 0 spiro atoms. The van der Waals surface area contributed by atoms with Crippen molar-refractivity contribution in [1.82, 2.24) is 0 Å². The van der Waals surface area contributed by atoms with Crippen molar-refractivity contribution >= 4 is 0 Å². The van der Waals surface area contributed by atoms with Gasteiger partial charge in [0.15, 0.2) is 0 Å². The SMILES string of the molecule is CC(C)[C@@]12CC[C@H](C)[C@@H]3CC[C@](C)(O)[C@]3(O)[C@@H]1O2. The Balaban J connectivity index is 2.03. The van der Waals surface area contributed by atoms with Gasteiger partial charge in [-0.25, -0.2) is 0 Å². The lowest BCUT2D eigenvalue weighted by atomic mass is 9.72. The van der Waals surface area contributed by atoms with Gasteiger partial charge in [-0.3, -0.25) is 0 Å². The van der Waals surface area contributed by atoms with E-state index in [0.717, 1.165) is 19.3 Å². The van der Waals surface area contributed by atoms with Gasteiger partial charge in [-0.05, 0) is 50.4 Å². The van der Waals surface area contributed by atoms with Crippen LogP contribution in [0.15, 0.2) is 0 Å². The second-order valence-corrected chi connectivity index (χ2v) is 7.37. The van der Waals surface area contributed by atoms with Crippen LogP contribution < -0.4 is 0 Å². The molecule has 0 aromatic heterocycles. The fourth-order valence-electron chi connectivity index (χ4n) is 4.67. The summed E-state index contributed by atoms with van der Waals surface area (Å²) in [4.78, 5) is 0. The number of aliphatic hydroxyl groups is 2.